The van der Waals surface area contributed by atoms with Crippen LogP contribution >= 0.6 is 0 Å². The molecule has 0 spiro atoms. The molecule has 2 unspecified atom stereocenters. The zero-order valence-electron chi connectivity index (χ0n) is 13.2. The van der Waals surface area contributed by atoms with E-state index in [1.54, 1.807) is 0 Å². The second-order valence-electron chi connectivity index (χ2n) is 6.69. The van der Waals surface area contributed by atoms with Crippen LogP contribution in [0.2, 0.25) is 0 Å². The highest BCUT2D eigenvalue weighted by Crippen LogP contribution is 2.28. The van der Waals surface area contributed by atoms with E-state index in [-0.39, 0.29) is 0 Å². The highest BCUT2D eigenvalue weighted by molar-refractivity contribution is 5.18. The molecular formula is C18H27F2N. The lowest BCUT2D eigenvalue weighted by molar-refractivity contribution is 0.338. The van der Waals surface area contributed by atoms with Crippen LogP contribution in [0.15, 0.2) is 18.2 Å². The summed E-state index contributed by atoms with van der Waals surface area (Å²) in [6, 6.07) is 4.33. The molecule has 0 radical (unpaired) electrons. The van der Waals surface area contributed by atoms with E-state index in [2.05, 4.69) is 19.2 Å². The fraction of sp³-hybridized carbons (Fsp3) is 0.667. The Morgan fingerprint density at radius 1 is 1.05 bits per heavy atom. The SMILES string of the molecule is CC(C)C1CCCC(NCCc2cc(F)cc(F)c2)CC1. The van der Waals surface area contributed by atoms with Crippen molar-refractivity contribution >= 4 is 0 Å². The first-order chi connectivity index (χ1) is 10.0. The van der Waals surface area contributed by atoms with E-state index in [4.69, 9.17) is 0 Å². The number of hydrogen-bond donors (Lipinski definition) is 1. The Kier molecular flexibility index (Phi) is 6.16. The lowest BCUT2D eigenvalue weighted by atomic mass is 9.89. The van der Waals surface area contributed by atoms with E-state index in [9.17, 15) is 8.78 Å². The zero-order valence-corrected chi connectivity index (χ0v) is 13.2. The first kappa shape index (κ1) is 16.4. The lowest BCUT2D eigenvalue weighted by Crippen LogP contribution is -2.30. The molecule has 1 aliphatic rings. The highest BCUT2D eigenvalue weighted by Gasteiger charge is 2.20. The molecule has 0 amide bonds. The van der Waals surface area contributed by atoms with Gasteiger partial charge in [0.1, 0.15) is 11.6 Å². The van der Waals surface area contributed by atoms with Crippen molar-refractivity contribution in [1.29, 1.82) is 0 Å². The van der Waals surface area contributed by atoms with Gasteiger partial charge >= 0.3 is 0 Å². The van der Waals surface area contributed by atoms with E-state index in [1.807, 2.05) is 0 Å². The number of rotatable bonds is 5. The van der Waals surface area contributed by atoms with Gasteiger partial charge in [0.25, 0.3) is 0 Å². The van der Waals surface area contributed by atoms with Gasteiger partial charge in [0.15, 0.2) is 0 Å². The average Bonchev–Trinajstić information content (AvgIpc) is 2.63. The van der Waals surface area contributed by atoms with Gasteiger partial charge in [-0.15, -0.1) is 0 Å². The third-order valence-corrected chi connectivity index (χ3v) is 4.73. The molecule has 0 saturated heterocycles. The van der Waals surface area contributed by atoms with Gasteiger partial charge in [0.2, 0.25) is 0 Å². The van der Waals surface area contributed by atoms with E-state index < -0.39 is 11.6 Å². The molecule has 0 bridgehead atoms. The molecule has 1 aromatic carbocycles. The summed E-state index contributed by atoms with van der Waals surface area (Å²) in [6.07, 6.45) is 7.05. The Morgan fingerprint density at radius 2 is 1.76 bits per heavy atom. The molecule has 1 aromatic rings. The Labute approximate surface area is 127 Å². The molecular weight excluding hydrogens is 268 g/mol. The molecule has 1 saturated carbocycles. The first-order valence-electron chi connectivity index (χ1n) is 8.23. The fourth-order valence-electron chi connectivity index (χ4n) is 3.38. The maximum Gasteiger partial charge on any atom is 0.126 e. The van der Waals surface area contributed by atoms with Gasteiger partial charge < -0.3 is 5.32 Å². The number of hydrogen-bond acceptors (Lipinski definition) is 1. The molecule has 0 aliphatic heterocycles. The summed E-state index contributed by atoms with van der Waals surface area (Å²) in [4.78, 5) is 0. The van der Waals surface area contributed by atoms with Crippen LogP contribution in [0, 0.1) is 23.5 Å². The van der Waals surface area contributed by atoms with Gasteiger partial charge in [-0.3, -0.25) is 0 Å². The van der Waals surface area contributed by atoms with Crippen LogP contribution in [-0.2, 0) is 6.42 Å². The van der Waals surface area contributed by atoms with E-state index in [1.165, 1.54) is 44.2 Å². The minimum absolute atomic E-state index is 0.487. The third-order valence-electron chi connectivity index (χ3n) is 4.73. The van der Waals surface area contributed by atoms with Gasteiger partial charge in [-0.25, -0.2) is 8.78 Å². The second-order valence-corrected chi connectivity index (χ2v) is 6.69. The zero-order chi connectivity index (χ0) is 15.2. The van der Waals surface area contributed by atoms with Crippen molar-refractivity contribution in [2.24, 2.45) is 11.8 Å². The maximum absolute atomic E-state index is 13.1. The van der Waals surface area contributed by atoms with Crippen molar-refractivity contribution in [3.8, 4) is 0 Å². The molecule has 21 heavy (non-hydrogen) atoms. The lowest BCUT2D eigenvalue weighted by Gasteiger charge is -2.19. The second kappa shape index (κ2) is 7.88. The molecule has 0 aromatic heterocycles. The van der Waals surface area contributed by atoms with Crippen LogP contribution in [0.3, 0.4) is 0 Å². The van der Waals surface area contributed by atoms with Crippen molar-refractivity contribution in [2.45, 2.75) is 58.4 Å². The molecule has 1 aliphatic carbocycles. The summed E-state index contributed by atoms with van der Waals surface area (Å²) in [7, 11) is 0. The third kappa shape index (κ3) is 5.39. The summed E-state index contributed by atoms with van der Waals surface area (Å²) in [5, 5.41) is 3.56. The molecule has 0 heterocycles. The predicted octanol–water partition coefficient (Wildman–Crippen LogP) is 4.70. The Morgan fingerprint density at radius 3 is 2.43 bits per heavy atom. The normalized spacial score (nSPS) is 23.3. The highest BCUT2D eigenvalue weighted by atomic mass is 19.1. The number of halogens is 2. The van der Waals surface area contributed by atoms with E-state index >= 15 is 0 Å². The summed E-state index contributed by atoms with van der Waals surface area (Å²) in [6.45, 7) is 5.42. The van der Waals surface area contributed by atoms with Crippen molar-refractivity contribution in [2.75, 3.05) is 6.54 Å². The number of nitrogens with one attached hydrogen (secondary N) is 1. The molecule has 118 valence electrons. The fourth-order valence-corrected chi connectivity index (χ4v) is 3.38. The maximum atomic E-state index is 13.1. The van der Waals surface area contributed by atoms with Crippen molar-refractivity contribution in [3.63, 3.8) is 0 Å². The average molecular weight is 295 g/mol. The van der Waals surface area contributed by atoms with Gasteiger partial charge in [-0.05, 0) is 61.8 Å². The standard InChI is InChI=1S/C18H27F2N/c1-13(2)15-4-3-5-18(7-6-15)21-9-8-14-10-16(19)12-17(20)11-14/h10-13,15,18,21H,3-9H2,1-2H3. The Balaban J connectivity index is 1.75. The van der Waals surface area contributed by atoms with E-state index in [0.29, 0.717) is 12.5 Å². The van der Waals surface area contributed by atoms with E-state index in [0.717, 1.165) is 30.0 Å². The quantitative estimate of drug-likeness (QED) is 0.776. The van der Waals surface area contributed by atoms with Crippen LogP contribution in [0.25, 0.3) is 0 Å². The van der Waals surface area contributed by atoms with Gasteiger partial charge in [-0.1, -0.05) is 26.7 Å². The largest absolute Gasteiger partial charge is 0.314 e. The predicted molar refractivity (Wildman–Crippen MR) is 83.3 cm³/mol. The Bertz CT molecular complexity index is 425. The topological polar surface area (TPSA) is 12.0 Å². The van der Waals surface area contributed by atoms with Gasteiger partial charge in [-0.2, -0.15) is 0 Å². The molecule has 1 nitrogen and oxygen atoms in total. The van der Waals surface area contributed by atoms with Crippen molar-refractivity contribution in [1.82, 2.24) is 5.32 Å². The van der Waals surface area contributed by atoms with Crippen LogP contribution in [0.5, 0.6) is 0 Å². The van der Waals surface area contributed by atoms with Crippen LogP contribution in [0.4, 0.5) is 8.78 Å². The summed E-state index contributed by atoms with van der Waals surface area (Å²) in [5.41, 5.74) is 0.730. The summed E-state index contributed by atoms with van der Waals surface area (Å²) < 4.78 is 26.2. The van der Waals surface area contributed by atoms with Crippen LogP contribution < -0.4 is 5.32 Å². The monoisotopic (exact) mass is 295 g/mol. The van der Waals surface area contributed by atoms with Crippen molar-refractivity contribution in [3.05, 3.63) is 35.4 Å². The first-order valence-corrected chi connectivity index (χ1v) is 8.23. The number of benzene rings is 1. The van der Waals surface area contributed by atoms with Crippen LogP contribution in [0.1, 0.15) is 51.5 Å². The van der Waals surface area contributed by atoms with Crippen molar-refractivity contribution < 1.29 is 8.78 Å². The van der Waals surface area contributed by atoms with Crippen LogP contribution in [-0.4, -0.2) is 12.6 Å². The molecule has 3 heteroatoms. The summed E-state index contributed by atoms with van der Waals surface area (Å²) in [5.74, 6) is 0.659. The molecule has 2 atom stereocenters. The minimum Gasteiger partial charge on any atom is -0.314 e. The van der Waals surface area contributed by atoms with Gasteiger partial charge in [0.05, 0.1) is 0 Å². The van der Waals surface area contributed by atoms with Gasteiger partial charge in [0, 0.05) is 12.1 Å². The Hall–Kier alpha value is -0.960. The molecule has 2 rings (SSSR count). The smallest absolute Gasteiger partial charge is 0.126 e. The molecule has 1 N–H and O–H groups in total. The summed E-state index contributed by atoms with van der Waals surface area (Å²) >= 11 is 0. The molecule has 1 fully saturated rings. The minimum atomic E-state index is -0.487.